The second kappa shape index (κ2) is 6.57. The molecule has 0 spiro atoms. The summed E-state index contributed by atoms with van der Waals surface area (Å²) < 4.78 is 1.17. The molecule has 4 heteroatoms. The summed E-state index contributed by atoms with van der Waals surface area (Å²) in [4.78, 5) is 4.98. The minimum absolute atomic E-state index is 0.764. The predicted octanol–water partition coefficient (Wildman–Crippen LogP) is 5.56. The van der Waals surface area contributed by atoms with E-state index in [2.05, 4.69) is 59.0 Å². The summed E-state index contributed by atoms with van der Waals surface area (Å²) in [5.74, 6) is 0. The molecule has 2 aromatic heterocycles. The molecule has 0 amide bonds. The van der Waals surface area contributed by atoms with Gasteiger partial charge >= 0.3 is 0 Å². The molecule has 0 aliphatic carbocycles. The van der Waals surface area contributed by atoms with Gasteiger partial charge < -0.3 is 10.7 Å². The standard InChI is InChI=1S/C18H21BrN2S/c1-11-6-7-14-13(5-3-4-10-20)18(21-17(14)12(11)2)15-8-9-16(19)22-15/h6-9,21H,3-5,10,20H2,1-2H3. The van der Waals surface area contributed by atoms with E-state index in [9.17, 15) is 0 Å². The molecule has 0 saturated carbocycles. The molecular weight excluding hydrogens is 356 g/mol. The fourth-order valence-corrected chi connectivity index (χ4v) is 4.34. The number of aryl methyl sites for hydroxylation is 3. The number of aromatic amines is 1. The number of rotatable bonds is 5. The van der Waals surface area contributed by atoms with Gasteiger partial charge in [-0.1, -0.05) is 12.1 Å². The van der Waals surface area contributed by atoms with Crippen LogP contribution in [-0.4, -0.2) is 11.5 Å². The maximum Gasteiger partial charge on any atom is 0.0705 e. The quantitative estimate of drug-likeness (QED) is 0.562. The van der Waals surface area contributed by atoms with Gasteiger partial charge in [-0.3, -0.25) is 0 Å². The van der Waals surface area contributed by atoms with Crippen molar-refractivity contribution >= 4 is 38.2 Å². The van der Waals surface area contributed by atoms with E-state index >= 15 is 0 Å². The van der Waals surface area contributed by atoms with E-state index in [-0.39, 0.29) is 0 Å². The molecule has 0 aliphatic heterocycles. The number of nitrogens with one attached hydrogen (secondary N) is 1. The average molecular weight is 377 g/mol. The molecule has 0 fully saturated rings. The molecule has 2 heterocycles. The number of unbranched alkanes of at least 4 members (excludes halogenated alkanes) is 1. The van der Waals surface area contributed by atoms with Crippen molar-refractivity contribution in [2.24, 2.45) is 5.73 Å². The van der Waals surface area contributed by atoms with Gasteiger partial charge in [0.25, 0.3) is 0 Å². The Kier molecular flexibility index (Phi) is 4.71. The highest BCUT2D eigenvalue weighted by molar-refractivity contribution is 9.11. The van der Waals surface area contributed by atoms with E-state index < -0.39 is 0 Å². The van der Waals surface area contributed by atoms with Crippen LogP contribution in [0.15, 0.2) is 28.1 Å². The summed E-state index contributed by atoms with van der Waals surface area (Å²) in [5, 5.41) is 1.36. The van der Waals surface area contributed by atoms with E-state index in [4.69, 9.17) is 5.73 Å². The molecule has 0 aliphatic rings. The predicted molar refractivity (Wildman–Crippen MR) is 101 cm³/mol. The lowest BCUT2D eigenvalue weighted by Crippen LogP contribution is -1.99. The Balaban J connectivity index is 2.16. The van der Waals surface area contributed by atoms with Gasteiger partial charge in [0.15, 0.2) is 0 Å². The molecule has 0 atom stereocenters. The van der Waals surface area contributed by atoms with E-state index in [1.165, 1.54) is 42.0 Å². The summed E-state index contributed by atoms with van der Waals surface area (Å²) in [6.07, 6.45) is 3.28. The number of H-pyrrole nitrogens is 1. The van der Waals surface area contributed by atoms with Crippen molar-refractivity contribution in [3.8, 4) is 10.6 Å². The van der Waals surface area contributed by atoms with Gasteiger partial charge in [-0.15, -0.1) is 11.3 Å². The van der Waals surface area contributed by atoms with Crippen molar-refractivity contribution < 1.29 is 0 Å². The molecule has 1 aromatic carbocycles. The number of thiophene rings is 1. The summed E-state index contributed by atoms with van der Waals surface area (Å²) in [5.41, 5.74) is 12.3. The van der Waals surface area contributed by atoms with Gasteiger partial charge in [0.05, 0.1) is 14.4 Å². The molecule has 22 heavy (non-hydrogen) atoms. The van der Waals surface area contributed by atoms with E-state index in [1.54, 1.807) is 11.3 Å². The van der Waals surface area contributed by atoms with Gasteiger partial charge in [0, 0.05) is 10.9 Å². The molecule has 116 valence electrons. The van der Waals surface area contributed by atoms with E-state index in [1.807, 2.05) is 0 Å². The van der Waals surface area contributed by atoms with Crippen molar-refractivity contribution in [2.75, 3.05) is 6.54 Å². The van der Waals surface area contributed by atoms with Crippen LogP contribution >= 0.6 is 27.3 Å². The van der Waals surface area contributed by atoms with Crippen LogP contribution in [0.1, 0.15) is 29.5 Å². The van der Waals surface area contributed by atoms with Gasteiger partial charge in [0.1, 0.15) is 0 Å². The fraction of sp³-hybridized carbons (Fsp3) is 0.333. The first-order valence-electron chi connectivity index (χ1n) is 7.68. The SMILES string of the molecule is Cc1ccc2c(CCCCN)c(-c3ccc(Br)s3)[nH]c2c1C. The lowest BCUT2D eigenvalue weighted by molar-refractivity contribution is 0.748. The van der Waals surface area contributed by atoms with Crippen molar-refractivity contribution in [1.82, 2.24) is 4.98 Å². The van der Waals surface area contributed by atoms with E-state index in [0.29, 0.717) is 0 Å². The lowest BCUT2D eigenvalue weighted by atomic mass is 10.0. The lowest BCUT2D eigenvalue weighted by Gasteiger charge is -2.04. The Morgan fingerprint density at radius 2 is 1.95 bits per heavy atom. The summed E-state index contributed by atoms with van der Waals surface area (Å²) >= 11 is 5.36. The molecule has 3 aromatic rings. The third-order valence-electron chi connectivity index (χ3n) is 4.31. The zero-order valence-corrected chi connectivity index (χ0v) is 15.4. The van der Waals surface area contributed by atoms with Gasteiger partial charge in [-0.25, -0.2) is 0 Å². The Morgan fingerprint density at radius 3 is 2.64 bits per heavy atom. The molecule has 0 unspecified atom stereocenters. The number of nitrogens with two attached hydrogens (primary N) is 1. The van der Waals surface area contributed by atoms with Gasteiger partial charge in [-0.05, 0) is 84.4 Å². The number of hydrogen-bond donors (Lipinski definition) is 2. The Hall–Kier alpha value is -1.10. The highest BCUT2D eigenvalue weighted by atomic mass is 79.9. The highest BCUT2D eigenvalue weighted by Gasteiger charge is 2.16. The number of halogens is 1. The van der Waals surface area contributed by atoms with Gasteiger partial charge in [-0.2, -0.15) is 0 Å². The number of hydrogen-bond acceptors (Lipinski definition) is 2. The van der Waals surface area contributed by atoms with Crippen molar-refractivity contribution in [3.63, 3.8) is 0 Å². The molecule has 3 rings (SSSR count). The number of benzene rings is 1. The topological polar surface area (TPSA) is 41.8 Å². The Morgan fingerprint density at radius 1 is 1.14 bits per heavy atom. The fourth-order valence-electron chi connectivity index (χ4n) is 2.93. The first kappa shape index (κ1) is 15.8. The molecule has 0 radical (unpaired) electrons. The third-order valence-corrected chi connectivity index (χ3v) is 5.95. The Bertz CT molecular complexity index is 801. The zero-order chi connectivity index (χ0) is 15.7. The summed E-state index contributed by atoms with van der Waals surface area (Å²) in [6.45, 7) is 5.14. The van der Waals surface area contributed by atoms with Crippen LogP contribution in [0.3, 0.4) is 0 Å². The number of aromatic nitrogens is 1. The molecule has 0 saturated heterocycles. The van der Waals surface area contributed by atoms with Gasteiger partial charge in [0.2, 0.25) is 0 Å². The zero-order valence-electron chi connectivity index (χ0n) is 13.0. The molecular formula is C18H21BrN2S. The minimum Gasteiger partial charge on any atom is -0.353 e. The first-order valence-corrected chi connectivity index (χ1v) is 9.29. The van der Waals surface area contributed by atoms with Crippen LogP contribution < -0.4 is 5.73 Å². The van der Waals surface area contributed by atoms with Crippen LogP contribution in [0.5, 0.6) is 0 Å². The monoisotopic (exact) mass is 376 g/mol. The normalized spacial score (nSPS) is 11.5. The van der Waals surface area contributed by atoms with Crippen molar-refractivity contribution in [3.05, 3.63) is 44.7 Å². The van der Waals surface area contributed by atoms with Crippen molar-refractivity contribution in [2.45, 2.75) is 33.1 Å². The number of fused-ring (bicyclic) bond motifs is 1. The minimum atomic E-state index is 0.764. The van der Waals surface area contributed by atoms with Crippen LogP contribution in [0.2, 0.25) is 0 Å². The maximum absolute atomic E-state index is 5.67. The van der Waals surface area contributed by atoms with Crippen molar-refractivity contribution in [1.29, 1.82) is 0 Å². The largest absolute Gasteiger partial charge is 0.353 e. The third kappa shape index (κ3) is 2.87. The Labute approximate surface area is 143 Å². The summed E-state index contributed by atoms with van der Waals surface area (Å²) in [6, 6.07) is 8.80. The first-order chi connectivity index (χ1) is 10.6. The molecule has 0 bridgehead atoms. The second-order valence-corrected chi connectivity index (χ2v) is 8.22. The van der Waals surface area contributed by atoms with E-state index in [0.717, 1.165) is 25.8 Å². The second-order valence-electron chi connectivity index (χ2n) is 5.76. The average Bonchev–Trinajstić information content (AvgIpc) is 3.08. The molecule has 2 nitrogen and oxygen atoms in total. The smallest absolute Gasteiger partial charge is 0.0705 e. The molecule has 3 N–H and O–H groups in total. The highest BCUT2D eigenvalue weighted by Crippen LogP contribution is 2.38. The van der Waals surface area contributed by atoms with Crippen LogP contribution in [0.4, 0.5) is 0 Å². The van der Waals surface area contributed by atoms with Crippen LogP contribution in [-0.2, 0) is 6.42 Å². The maximum atomic E-state index is 5.67. The van der Waals surface area contributed by atoms with Crippen LogP contribution in [0.25, 0.3) is 21.5 Å². The van der Waals surface area contributed by atoms with Crippen LogP contribution in [0, 0.1) is 13.8 Å². The summed E-state index contributed by atoms with van der Waals surface area (Å²) in [7, 11) is 0.